The van der Waals surface area contributed by atoms with Crippen molar-refractivity contribution in [2.45, 2.75) is 33.1 Å². The Morgan fingerprint density at radius 2 is 2.29 bits per heavy atom. The Kier molecular flexibility index (Phi) is 4.17. The molecule has 1 aromatic rings. The van der Waals surface area contributed by atoms with Crippen molar-refractivity contribution in [1.82, 2.24) is 0 Å². The van der Waals surface area contributed by atoms with E-state index >= 15 is 0 Å². The number of allylic oxidation sites excluding steroid dienone is 2. The summed E-state index contributed by atoms with van der Waals surface area (Å²) in [4.78, 5) is 11.1. The molecule has 0 fully saturated rings. The van der Waals surface area contributed by atoms with Crippen LogP contribution < -0.4 is 0 Å². The second kappa shape index (κ2) is 5.43. The molecule has 0 aliphatic heterocycles. The molecule has 2 heteroatoms. The van der Waals surface area contributed by atoms with Crippen LogP contribution in [0.15, 0.2) is 28.7 Å². The lowest BCUT2D eigenvalue weighted by atomic mass is 10.1. The first-order valence-electron chi connectivity index (χ1n) is 4.93. The van der Waals surface area contributed by atoms with Crippen molar-refractivity contribution < 1.29 is 9.21 Å². The molecule has 0 N–H and O–H groups in total. The van der Waals surface area contributed by atoms with Crippen molar-refractivity contribution in [2.75, 3.05) is 0 Å². The molecule has 0 aliphatic carbocycles. The summed E-state index contributed by atoms with van der Waals surface area (Å²) in [5.41, 5.74) is 0. The van der Waals surface area contributed by atoms with Crippen LogP contribution in [-0.2, 0) is 11.2 Å². The van der Waals surface area contributed by atoms with E-state index in [0.29, 0.717) is 6.42 Å². The third kappa shape index (κ3) is 3.60. The van der Waals surface area contributed by atoms with E-state index in [1.54, 1.807) is 12.2 Å². The number of furan rings is 1. The fraction of sp³-hybridized carbons (Fsp3) is 0.417. The minimum Gasteiger partial charge on any atom is -0.466 e. The normalized spacial score (nSPS) is 11.0. The van der Waals surface area contributed by atoms with E-state index in [2.05, 4.69) is 0 Å². The van der Waals surface area contributed by atoms with Crippen LogP contribution in [0.1, 0.15) is 31.3 Å². The molecule has 1 rings (SSSR count). The van der Waals surface area contributed by atoms with Gasteiger partial charge in [0.2, 0.25) is 0 Å². The second-order valence-corrected chi connectivity index (χ2v) is 3.33. The highest BCUT2D eigenvalue weighted by Gasteiger charge is 2.00. The van der Waals surface area contributed by atoms with Gasteiger partial charge >= 0.3 is 0 Å². The molecule has 0 spiro atoms. The van der Waals surface area contributed by atoms with Crippen LogP contribution in [-0.4, -0.2) is 5.78 Å². The van der Waals surface area contributed by atoms with Crippen LogP contribution in [0.3, 0.4) is 0 Å². The molecule has 14 heavy (non-hydrogen) atoms. The highest BCUT2D eigenvalue weighted by Crippen LogP contribution is 2.09. The molecule has 1 aromatic heterocycles. The Morgan fingerprint density at radius 3 is 2.86 bits per heavy atom. The first-order chi connectivity index (χ1) is 6.72. The van der Waals surface area contributed by atoms with E-state index < -0.39 is 0 Å². The summed E-state index contributed by atoms with van der Waals surface area (Å²) in [5, 5.41) is 0. The minimum atomic E-state index is 0.191. The molecule has 2 nitrogen and oxygen atoms in total. The highest BCUT2D eigenvalue weighted by molar-refractivity contribution is 5.89. The van der Waals surface area contributed by atoms with E-state index in [4.69, 9.17) is 4.42 Å². The monoisotopic (exact) mass is 192 g/mol. The lowest BCUT2D eigenvalue weighted by Gasteiger charge is -1.94. The zero-order valence-electron chi connectivity index (χ0n) is 8.75. The van der Waals surface area contributed by atoms with Crippen LogP contribution in [0, 0.1) is 6.92 Å². The fourth-order valence-corrected chi connectivity index (χ4v) is 1.33. The number of hydrogen-bond donors (Lipinski definition) is 0. The average molecular weight is 192 g/mol. The van der Waals surface area contributed by atoms with Gasteiger partial charge in [-0.25, -0.2) is 0 Å². The number of ketones is 1. The Bertz CT molecular complexity index is 321. The minimum absolute atomic E-state index is 0.191. The molecule has 0 aromatic carbocycles. The molecule has 0 atom stereocenters. The summed E-state index contributed by atoms with van der Waals surface area (Å²) >= 11 is 0. The molecule has 0 aliphatic rings. The SMILES string of the molecule is CC=CC(=O)CCCc1ccc(C)o1. The number of hydrogen-bond acceptors (Lipinski definition) is 2. The molecule has 1 heterocycles. The standard InChI is InChI=1S/C12H16O2/c1-3-5-11(13)6-4-7-12-9-8-10(2)14-12/h3,5,8-9H,4,6-7H2,1-2H3. The molecular formula is C12H16O2. The molecule has 0 saturated carbocycles. The van der Waals surface area contributed by atoms with Gasteiger partial charge in [-0.2, -0.15) is 0 Å². The summed E-state index contributed by atoms with van der Waals surface area (Å²) in [6.45, 7) is 3.78. The lowest BCUT2D eigenvalue weighted by molar-refractivity contribution is -0.114. The maximum absolute atomic E-state index is 11.1. The third-order valence-electron chi connectivity index (χ3n) is 1.99. The van der Waals surface area contributed by atoms with Crippen LogP contribution in [0.2, 0.25) is 0 Å². The molecule has 76 valence electrons. The molecule has 0 unspecified atom stereocenters. The van der Waals surface area contributed by atoms with E-state index in [0.717, 1.165) is 24.4 Å². The van der Waals surface area contributed by atoms with Gasteiger partial charge in [-0.1, -0.05) is 6.08 Å². The molecule has 0 bridgehead atoms. The highest BCUT2D eigenvalue weighted by atomic mass is 16.3. The largest absolute Gasteiger partial charge is 0.466 e. The summed E-state index contributed by atoms with van der Waals surface area (Å²) in [6, 6.07) is 3.92. The Morgan fingerprint density at radius 1 is 1.50 bits per heavy atom. The topological polar surface area (TPSA) is 30.2 Å². The van der Waals surface area contributed by atoms with Crippen LogP contribution in [0.25, 0.3) is 0 Å². The lowest BCUT2D eigenvalue weighted by Crippen LogP contribution is -1.93. The predicted molar refractivity (Wildman–Crippen MR) is 56.2 cm³/mol. The van der Waals surface area contributed by atoms with Gasteiger partial charge < -0.3 is 4.42 Å². The fourth-order valence-electron chi connectivity index (χ4n) is 1.33. The number of aryl methyl sites for hydroxylation is 2. The number of carbonyl (C=O) groups excluding carboxylic acids is 1. The van der Waals surface area contributed by atoms with Gasteiger partial charge in [-0.15, -0.1) is 0 Å². The van der Waals surface area contributed by atoms with Gasteiger partial charge in [-0.3, -0.25) is 4.79 Å². The predicted octanol–water partition coefficient (Wildman–Crippen LogP) is 3.06. The van der Waals surface area contributed by atoms with Crippen molar-refractivity contribution in [2.24, 2.45) is 0 Å². The molecular weight excluding hydrogens is 176 g/mol. The first kappa shape index (κ1) is 10.8. The molecule has 0 radical (unpaired) electrons. The van der Waals surface area contributed by atoms with Gasteiger partial charge in [0.25, 0.3) is 0 Å². The quantitative estimate of drug-likeness (QED) is 0.671. The zero-order valence-corrected chi connectivity index (χ0v) is 8.75. The average Bonchev–Trinajstić information content (AvgIpc) is 2.52. The number of carbonyl (C=O) groups is 1. The van der Waals surface area contributed by atoms with Crippen molar-refractivity contribution in [1.29, 1.82) is 0 Å². The summed E-state index contributed by atoms with van der Waals surface area (Å²) in [7, 11) is 0. The Hall–Kier alpha value is -1.31. The smallest absolute Gasteiger partial charge is 0.155 e. The van der Waals surface area contributed by atoms with Gasteiger partial charge in [0.1, 0.15) is 11.5 Å². The van der Waals surface area contributed by atoms with Crippen molar-refractivity contribution in [3.8, 4) is 0 Å². The summed E-state index contributed by atoms with van der Waals surface area (Å²) in [5.74, 6) is 2.09. The van der Waals surface area contributed by atoms with E-state index in [9.17, 15) is 4.79 Å². The van der Waals surface area contributed by atoms with Gasteiger partial charge in [-0.05, 0) is 38.5 Å². The Balaban J connectivity index is 2.25. The van der Waals surface area contributed by atoms with E-state index in [1.807, 2.05) is 26.0 Å². The Labute approximate surface area is 84.6 Å². The maximum Gasteiger partial charge on any atom is 0.155 e. The summed E-state index contributed by atoms with van der Waals surface area (Å²) < 4.78 is 5.40. The second-order valence-electron chi connectivity index (χ2n) is 3.33. The first-order valence-corrected chi connectivity index (χ1v) is 4.93. The van der Waals surface area contributed by atoms with Crippen LogP contribution in [0.4, 0.5) is 0 Å². The van der Waals surface area contributed by atoms with Gasteiger partial charge in [0.05, 0.1) is 0 Å². The van der Waals surface area contributed by atoms with E-state index in [-0.39, 0.29) is 5.78 Å². The van der Waals surface area contributed by atoms with Crippen molar-refractivity contribution >= 4 is 5.78 Å². The molecule has 0 saturated heterocycles. The third-order valence-corrected chi connectivity index (χ3v) is 1.99. The molecule has 0 amide bonds. The van der Waals surface area contributed by atoms with Crippen LogP contribution in [0.5, 0.6) is 0 Å². The van der Waals surface area contributed by atoms with Gasteiger partial charge in [0.15, 0.2) is 5.78 Å². The van der Waals surface area contributed by atoms with Crippen molar-refractivity contribution in [3.05, 3.63) is 35.8 Å². The maximum atomic E-state index is 11.1. The van der Waals surface area contributed by atoms with E-state index in [1.165, 1.54) is 0 Å². The zero-order chi connectivity index (χ0) is 10.4. The number of rotatable bonds is 5. The van der Waals surface area contributed by atoms with Gasteiger partial charge in [0, 0.05) is 12.8 Å². The summed E-state index contributed by atoms with van der Waals surface area (Å²) in [6.07, 6.45) is 5.70. The van der Waals surface area contributed by atoms with Crippen LogP contribution >= 0.6 is 0 Å². The van der Waals surface area contributed by atoms with Crippen molar-refractivity contribution in [3.63, 3.8) is 0 Å².